The second kappa shape index (κ2) is 9.25. The lowest BCUT2D eigenvalue weighted by atomic mass is 10.2. The third-order valence-electron chi connectivity index (χ3n) is 5.06. The van der Waals surface area contributed by atoms with E-state index in [0.29, 0.717) is 37.4 Å². The molecule has 2 aromatic heterocycles. The summed E-state index contributed by atoms with van der Waals surface area (Å²) in [6.07, 6.45) is 4.70. The van der Waals surface area contributed by atoms with Gasteiger partial charge >= 0.3 is 0 Å². The molecule has 31 heavy (non-hydrogen) atoms. The molecule has 1 aliphatic rings. The van der Waals surface area contributed by atoms with Crippen molar-refractivity contribution < 1.29 is 14.3 Å². The van der Waals surface area contributed by atoms with Crippen LogP contribution in [0.15, 0.2) is 71.9 Å². The topological polar surface area (TPSA) is 93.5 Å². The molecule has 4 rings (SSSR count). The Hall–Kier alpha value is -3.94. The molecule has 2 amide bonds. The van der Waals surface area contributed by atoms with Crippen LogP contribution in [0, 0.1) is 0 Å². The van der Waals surface area contributed by atoms with Crippen LogP contribution in [0.4, 0.5) is 0 Å². The zero-order chi connectivity index (χ0) is 21.6. The van der Waals surface area contributed by atoms with Gasteiger partial charge in [-0.15, -0.1) is 0 Å². The highest BCUT2D eigenvalue weighted by molar-refractivity contribution is 5.94. The van der Waals surface area contributed by atoms with E-state index in [1.54, 1.807) is 40.2 Å². The van der Waals surface area contributed by atoms with E-state index >= 15 is 0 Å². The number of pyridine rings is 2. The number of benzene rings is 1. The first-order valence-electron chi connectivity index (χ1n) is 10.0. The van der Waals surface area contributed by atoms with Crippen molar-refractivity contribution in [2.45, 2.75) is 13.2 Å². The predicted molar refractivity (Wildman–Crippen MR) is 114 cm³/mol. The van der Waals surface area contributed by atoms with Crippen LogP contribution in [0.25, 0.3) is 0 Å². The lowest BCUT2D eigenvalue weighted by Gasteiger charge is -2.30. The maximum atomic E-state index is 12.8. The minimum absolute atomic E-state index is 0.219. The number of carbonyl (C=O) groups is 2. The van der Waals surface area contributed by atoms with Crippen LogP contribution in [0.3, 0.4) is 0 Å². The van der Waals surface area contributed by atoms with E-state index in [1.165, 1.54) is 6.07 Å². The van der Waals surface area contributed by atoms with Crippen LogP contribution in [-0.2, 0) is 13.2 Å². The highest BCUT2D eigenvalue weighted by Crippen LogP contribution is 2.15. The summed E-state index contributed by atoms with van der Waals surface area (Å²) < 4.78 is 7.42. The summed E-state index contributed by atoms with van der Waals surface area (Å²) >= 11 is 0. The van der Waals surface area contributed by atoms with Crippen molar-refractivity contribution in [2.24, 2.45) is 0 Å². The van der Waals surface area contributed by atoms with E-state index in [4.69, 9.17) is 4.74 Å². The van der Waals surface area contributed by atoms with Gasteiger partial charge in [-0.2, -0.15) is 0 Å². The van der Waals surface area contributed by atoms with Gasteiger partial charge in [0.1, 0.15) is 12.3 Å². The van der Waals surface area contributed by atoms with Crippen LogP contribution in [0.1, 0.15) is 26.4 Å². The Bertz CT molecular complexity index is 1130. The monoisotopic (exact) mass is 418 g/mol. The van der Waals surface area contributed by atoms with Crippen molar-refractivity contribution in [3.8, 4) is 5.75 Å². The molecule has 0 saturated heterocycles. The Morgan fingerprint density at radius 1 is 1.06 bits per heavy atom. The molecule has 3 aromatic rings. The first kappa shape index (κ1) is 20.3. The largest absolute Gasteiger partial charge is 0.483 e. The molecule has 8 nitrogen and oxygen atoms in total. The van der Waals surface area contributed by atoms with Crippen LogP contribution in [0.2, 0.25) is 0 Å². The van der Waals surface area contributed by atoms with Crippen LogP contribution in [0.5, 0.6) is 5.75 Å². The summed E-state index contributed by atoms with van der Waals surface area (Å²) in [6, 6.07) is 14.2. The normalized spacial score (nSPS) is 12.9. The number of ether oxygens (including phenoxy) is 1. The van der Waals surface area contributed by atoms with Gasteiger partial charge < -0.3 is 19.5 Å². The van der Waals surface area contributed by atoms with E-state index in [9.17, 15) is 14.4 Å². The minimum Gasteiger partial charge on any atom is -0.483 e. The smallest absolute Gasteiger partial charge is 0.270 e. The van der Waals surface area contributed by atoms with Crippen molar-refractivity contribution in [1.82, 2.24) is 19.8 Å². The predicted octanol–water partition coefficient (Wildman–Crippen LogP) is 1.71. The lowest BCUT2D eigenvalue weighted by Crippen LogP contribution is -2.45. The summed E-state index contributed by atoms with van der Waals surface area (Å²) in [4.78, 5) is 42.9. The number of hydrogen-bond acceptors (Lipinski definition) is 5. The highest BCUT2D eigenvalue weighted by Gasteiger charge is 2.25. The molecule has 1 aliphatic heterocycles. The highest BCUT2D eigenvalue weighted by atomic mass is 16.5. The van der Waals surface area contributed by atoms with Gasteiger partial charge in [-0.3, -0.25) is 19.4 Å². The van der Waals surface area contributed by atoms with E-state index < -0.39 is 0 Å². The Kier molecular flexibility index (Phi) is 6.07. The minimum atomic E-state index is -0.330. The lowest BCUT2D eigenvalue weighted by molar-refractivity contribution is 0.0696. The molecule has 158 valence electrons. The summed E-state index contributed by atoms with van der Waals surface area (Å²) in [5.41, 5.74) is 1.47. The SMILES string of the molecule is O=C(NCCN1CCn2cc(OCc3ccccc3)c(=O)cc2C1=O)c1ccncc1. The molecular formula is C23H22N4O4. The zero-order valence-corrected chi connectivity index (χ0v) is 16.9. The molecule has 1 aromatic carbocycles. The molecule has 0 radical (unpaired) electrons. The van der Waals surface area contributed by atoms with Crippen LogP contribution >= 0.6 is 0 Å². The molecule has 8 heteroatoms. The average molecular weight is 418 g/mol. The van der Waals surface area contributed by atoms with E-state index in [-0.39, 0.29) is 29.6 Å². The average Bonchev–Trinajstić information content (AvgIpc) is 2.81. The van der Waals surface area contributed by atoms with Gasteiger partial charge in [-0.1, -0.05) is 30.3 Å². The molecule has 1 N–H and O–H groups in total. The molecule has 0 unspecified atom stereocenters. The first-order valence-corrected chi connectivity index (χ1v) is 10.0. The molecule has 0 fully saturated rings. The second-order valence-electron chi connectivity index (χ2n) is 7.14. The molecule has 0 bridgehead atoms. The number of carbonyl (C=O) groups excluding carboxylic acids is 2. The van der Waals surface area contributed by atoms with Crippen molar-refractivity contribution in [3.05, 3.63) is 94.2 Å². The van der Waals surface area contributed by atoms with Gasteiger partial charge in [0.25, 0.3) is 11.8 Å². The summed E-state index contributed by atoms with van der Waals surface area (Å²) in [5.74, 6) is -0.238. The van der Waals surface area contributed by atoms with Crippen molar-refractivity contribution in [1.29, 1.82) is 0 Å². The van der Waals surface area contributed by atoms with Gasteiger partial charge in [0, 0.05) is 50.2 Å². The van der Waals surface area contributed by atoms with Crippen molar-refractivity contribution >= 4 is 11.8 Å². The molecule has 3 heterocycles. The quantitative estimate of drug-likeness (QED) is 0.631. The zero-order valence-electron chi connectivity index (χ0n) is 16.9. The van der Waals surface area contributed by atoms with Crippen molar-refractivity contribution in [2.75, 3.05) is 19.6 Å². The Morgan fingerprint density at radius 2 is 1.84 bits per heavy atom. The number of rotatable bonds is 7. The Balaban J connectivity index is 1.37. The first-order chi connectivity index (χ1) is 15.1. The van der Waals surface area contributed by atoms with Gasteiger partial charge in [0.2, 0.25) is 5.43 Å². The fourth-order valence-electron chi connectivity index (χ4n) is 3.38. The number of hydrogen-bond donors (Lipinski definition) is 1. The molecule has 0 spiro atoms. The fraction of sp³-hybridized carbons (Fsp3) is 0.217. The van der Waals surface area contributed by atoms with E-state index in [2.05, 4.69) is 10.3 Å². The van der Waals surface area contributed by atoms with Crippen LogP contribution < -0.4 is 15.5 Å². The van der Waals surface area contributed by atoms with Crippen LogP contribution in [-0.4, -0.2) is 45.9 Å². The summed E-state index contributed by atoms with van der Waals surface area (Å²) in [7, 11) is 0. The third kappa shape index (κ3) is 4.80. The van der Waals surface area contributed by atoms with Gasteiger partial charge in [-0.05, 0) is 17.7 Å². The van der Waals surface area contributed by atoms with Gasteiger partial charge in [0.05, 0.1) is 6.20 Å². The fourth-order valence-corrected chi connectivity index (χ4v) is 3.38. The molecule has 0 aliphatic carbocycles. The molecule has 0 atom stereocenters. The van der Waals surface area contributed by atoms with E-state index in [0.717, 1.165) is 5.56 Å². The summed E-state index contributed by atoms with van der Waals surface area (Å²) in [5, 5.41) is 2.79. The standard InChI is InChI=1S/C23H22N4O4/c28-20-14-19-23(30)26(11-10-25-22(29)18-6-8-24-9-7-18)12-13-27(19)15-21(20)31-16-17-4-2-1-3-5-17/h1-9,14-15H,10-13,16H2,(H,25,29). The number of nitrogens with one attached hydrogen (secondary N) is 1. The van der Waals surface area contributed by atoms with E-state index in [1.807, 2.05) is 30.3 Å². The third-order valence-corrected chi connectivity index (χ3v) is 5.06. The number of nitrogens with zero attached hydrogens (tertiary/aromatic N) is 3. The number of fused-ring (bicyclic) bond motifs is 1. The van der Waals surface area contributed by atoms with Gasteiger partial charge in [0.15, 0.2) is 5.75 Å². The molecular weight excluding hydrogens is 396 g/mol. The van der Waals surface area contributed by atoms with Crippen molar-refractivity contribution in [3.63, 3.8) is 0 Å². The maximum absolute atomic E-state index is 12.8. The second-order valence-corrected chi connectivity index (χ2v) is 7.14. The number of aromatic nitrogens is 2. The Morgan fingerprint density at radius 3 is 2.61 bits per heavy atom. The number of amides is 2. The molecule has 0 saturated carbocycles. The maximum Gasteiger partial charge on any atom is 0.270 e. The van der Waals surface area contributed by atoms with Gasteiger partial charge in [-0.25, -0.2) is 0 Å². The Labute approximate surface area is 179 Å². The summed E-state index contributed by atoms with van der Waals surface area (Å²) in [6.45, 7) is 1.98.